The zero-order valence-electron chi connectivity index (χ0n) is 6.33. The summed E-state index contributed by atoms with van der Waals surface area (Å²) in [5, 5.41) is 0.308. The van der Waals surface area contributed by atoms with Crippen molar-refractivity contribution in [2.24, 2.45) is 0 Å². The molecule has 0 nitrogen and oxygen atoms in total. The summed E-state index contributed by atoms with van der Waals surface area (Å²) in [6, 6.07) is 4.34. The quantitative estimate of drug-likeness (QED) is 0.719. The van der Waals surface area contributed by atoms with E-state index in [0.717, 1.165) is 0 Å². The zero-order valence-corrected chi connectivity index (χ0v) is 8.67. The van der Waals surface area contributed by atoms with E-state index in [1.165, 1.54) is 18.2 Å². The van der Waals surface area contributed by atoms with Crippen LogP contribution in [-0.2, 0) is 6.42 Å². The first-order chi connectivity index (χ1) is 5.88. The van der Waals surface area contributed by atoms with Crippen LogP contribution < -0.4 is 0 Å². The number of rotatable bonds is 1. The summed E-state index contributed by atoms with van der Waals surface area (Å²) in [5.41, 5.74) is 0.153. The molecule has 0 aliphatic rings. The van der Waals surface area contributed by atoms with Gasteiger partial charge in [0.1, 0.15) is 0 Å². The van der Waals surface area contributed by atoms with Crippen molar-refractivity contribution in [2.45, 2.75) is 12.6 Å². The largest absolute Gasteiger partial charge is 0.393 e. The van der Waals surface area contributed by atoms with E-state index in [0.29, 0.717) is 9.50 Å². The van der Waals surface area contributed by atoms with Crippen LogP contribution in [0.25, 0.3) is 0 Å². The Morgan fingerprint density at radius 1 is 1.31 bits per heavy atom. The summed E-state index contributed by atoms with van der Waals surface area (Å²) in [7, 11) is 0. The van der Waals surface area contributed by atoms with Gasteiger partial charge in [-0.3, -0.25) is 0 Å². The van der Waals surface area contributed by atoms with Gasteiger partial charge in [-0.05, 0) is 23.8 Å². The molecule has 0 aromatic heterocycles. The van der Waals surface area contributed by atoms with E-state index in [2.05, 4.69) is 15.9 Å². The second kappa shape index (κ2) is 3.88. The lowest BCUT2D eigenvalue weighted by Crippen LogP contribution is -2.11. The topological polar surface area (TPSA) is 0 Å². The van der Waals surface area contributed by atoms with Gasteiger partial charge in [0.15, 0.2) is 0 Å². The summed E-state index contributed by atoms with van der Waals surface area (Å²) >= 11 is 8.58. The summed E-state index contributed by atoms with van der Waals surface area (Å²) in [6.45, 7) is 0. The van der Waals surface area contributed by atoms with Gasteiger partial charge in [-0.1, -0.05) is 27.5 Å². The molecule has 0 heterocycles. The third-order valence-electron chi connectivity index (χ3n) is 1.40. The smallest absolute Gasteiger partial charge is 0.171 e. The van der Waals surface area contributed by atoms with Crippen LogP contribution in [0.2, 0.25) is 5.02 Å². The molecule has 0 aliphatic carbocycles. The standard InChI is InChI=1S/C8H5BrClF3/c9-7-2-1-6(10)3-5(7)4-8(11,12)13/h1-3H,4H2. The molecule has 0 unspecified atom stereocenters. The number of benzene rings is 1. The van der Waals surface area contributed by atoms with E-state index in [1.54, 1.807) is 0 Å². The minimum Gasteiger partial charge on any atom is -0.171 e. The highest BCUT2D eigenvalue weighted by Crippen LogP contribution is 2.28. The molecular formula is C8H5BrClF3. The maximum Gasteiger partial charge on any atom is 0.393 e. The van der Waals surface area contributed by atoms with E-state index < -0.39 is 12.6 Å². The fourth-order valence-corrected chi connectivity index (χ4v) is 1.48. The molecule has 0 N–H and O–H groups in total. The normalized spacial score (nSPS) is 11.8. The molecule has 0 amide bonds. The molecule has 0 radical (unpaired) electrons. The van der Waals surface area contributed by atoms with Crippen LogP contribution in [0.1, 0.15) is 5.56 Å². The predicted molar refractivity (Wildman–Crippen MR) is 48.9 cm³/mol. The van der Waals surface area contributed by atoms with Crippen LogP contribution >= 0.6 is 27.5 Å². The Bertz CT molecular complexity index is 309. The number of halogens is 5. The van der Waals surface area contributed by atoms with Crippen molar-refractivity contribution in [2.75, 3.05) is 0 Å². The Morgan fingerprint density at radius 2 is 1.92 bits per heavy atom. The average molecular weight is 273 g/mol. The molecule has 0 fully saturated rings. The molecule has 13 heavy (non-hydrogen) atoms. The summed E-state index contributed by atoms with van der Waals surface area (Å²) in [6.07, 6.45) is -5.17. The monoisotopic (exact) mass is 272 g/mol. The van der Waals surface area contributed by atoms with Gasteiger partial charge in [0.05, 0.1) is 6.42 Å². The van der Waals surface area contributed by atoms with Gasteiger partial charge in [0.2, 0.25) is 0 Å². The molecule has 0 aliphatic heterocycles. The van der Waals surface area contributed by atoms with Crippen molar-refractivity contribution in [3.63, 3.8) is 0 Å². The van der Waals surface area contributed by atoms with Crippen LogP contribution in [0.15, 0.2) is 22.7 Å². The molecule has 0 atom stereocenters. The SMILES string of the molecule is FC(F)(F)Cc1cc(Cl)ccc1Br. The van der Waals surface area contributed by atoms with Gasteiger partial charge < -0.3 is 0 Å². The summed E-state index contributed by atoms with van der Waals surface area (Å²) in [5.74, 6) is 0. The molecule has 0 saturated heterocycles. The fraction of sp³-hybridized carbons (Fsp3) is 0.250. The summed E-state index contributed by atoms with van der Waals surface area (Å²) < 4.78 is 36.4. The number of alkyl halides is 3. The van der Waals surface area contributed by atoms with Crippen LogP contribution in [0.3, 0.4) is 0 Å². The Kier molecular flexibility index (Phi) is 3.24. The van der Waals surface area contributed by atoms with E-state index in [4.69, 9.17) is 11.6 Å². The van der Waals surface area contributed by atoms with Crippen molar-refractivity contribution in [3.8, 4) is 0 Å². The molecule has 1 aromatic rings. The summed E-state index contributed by atoms with van der Waals surface area (Å²) in [4.78, 5) is 0. The first-order valence-electron chi connectivity index (χ1n) is 3.39. The van der Waals surface area contributed by atoms with Crippen molar-refractivity contribution >= 4 is 27.5 Å². The van der Waals surface area contributed by atoms with Crippen molar-refractivity contribution in [3.05, 3.63) is 33.3 Å². The Hall–Kier alpha value is -0.220. The lowest BCUT2D eigenvalue weighted by atomic mass is 10.1. The van der Waals surface area contributed by atoms with Crippen molar-refractivity contribution < 1.29 is 13.2 Å². The van der Waals surface area contributed by atoms with E-state index in [1.807, 2.05) is 0 Å². The predicted octanol–water partition coefficient (Wildman–Crippen LogP) is 4.21. The highest BCUT2D eigenvalue weighted by Gasteiger charge is 2.28. The first kappa shape index (κ1) is 10.9. The van der Waals surface area contributed by atoms with E-state index >= 15 is 0 Å². The van der Waals surface area contributed by atoms with Gasteiger partial charge >= 0.3 is 6.18 Å². The van der Waals surface area contributed by atoms with Crippen molar-refractivity contribution in [1.29, 1.82) is 0 Å². The third kappa shape index (κ3) is 3.56. The second-order valence-electron chi connectivity index (χ2n) is 2.53. The van der Waals surface area contributed by atoms with Gasteiger partial charge in [-0.25, -0.2) is 0 Å². The highest BCUT2D eigenvalue weighted by molar-refractivity contribution is 9.10. The first-order valence-corrected chi connectivity index (χ1v) is 4.56. The lowest BCUT2D eigenvalue weighted by molar-refractivity contribution is -0.127. The Balaban J connectivity index is 2.94. The highest BCUT2D eigenvalue weighted by atomic mass is 79.9. The molecule has 1 rings (SSSR count). The molecule has 0 spiro atoms. The Labute approximate surface area is 86.8 Å². The zero-order chi connectivity index (χ0) is 10.1. The van der Waals surface area contributed by atoms with Gasteiger partial charge in [0.25, 0.3) is 0 Å². The molecule has 5 heteroatoms. The van der Waals surface area contributed by atoms with Crippen LogP contribution in [0.4, 0.5) is 13.2 Å². The average Bonchev–Trinajstić information content (AvgIpc) is 1.94. The van der Waals surface area contributed by atoms with E-state index in [9.17, 15) is 13.2 Å². The molecule has 0 saturated carbocycles. The Morgan fingerprint density at radius 3 is 2.46 bits per heavy atom. The molecule has 1 aromatic carbocycles. The number of hydrogen-bond acceptors (Lipinski definition) is 0. The molecule has 0 bridgehead atoms. The fourth-order valence-electron chi connectivity index (χ4n) is 0.895. The van der Waals surface area contributed by atoms with Gasteiger partial charge in [-0.15, -0.1) is 0 Å². The molecule has 72 valence electrons. The van der Waals surface area contributed by atoms with E-state index in [-0.39, 0.29) is 5.56 Å². The lowest BCUT2D eigenvalue weighted by Gasteiger charge is -2.08. The van der Waals surface area contributed by atoms with Crippen LogP contribution in [0.5, 0.6) is 0 Å². The molecular weight excluding hydrogens is 268 g/mol. The number of hydrogen-bond donors (Lipinski definition) is 0. The van der Waals surface area contributed by atoms with Crippen molar-refractivity contribution in [1.82, 2.24) is 0 Å². The van der Waals surface area contributed by atoms with Gasteiger partial charge in [-0.2, -0.15) is 13.2 Å². The third-order valence-corrected chi connectivity index (χ3v) is 2.41. The maximum absolute atomic E-state index is 12.0. The second-order valence-corrected chi connectivity index (χ2v) is 3.82. The van der Waals surface area contributed by atoms with Crippen LogP contribution in [-0.4, -0.2) is 6.18 Å². The van der Waals surface area contributed by atoms with Gasteiger partial charge in [0, 0.05) is 9.50 Å². The maximum atomic E-state index is 12.0. The minimum atomic E-state index is -4.20. The van der Waals surface area contributed by atoms with Crippen LogP contribution in [0, 0.1) is 0 Å². The minimum absolute atomic E-state index is 0.153.